The lowest BCUT2D eigenvalue weighted by molar-refractivity contribution is -0.134. The maximum absolute atomic E-state index is 13.7. The molecule has 388 valence electrons. The number of carbonyl (C=O) groups is 4. The predicted octanol–water partition coefficient (Wildman–Crippen LogP) is 10.3. The quantitative estimate of drug-likeness (QED) is 0.0696. The van der Waals surface area contributed by atoms with E-state index in [-0.39, 0.29) is 29.5 Å². The van der Waals surface area contributed by atoms with Crippen molar-refractivity contribution < 1.29 is 29.0 Å². The molecule has 0 bridgehead atoms. The maximum atomic E-state index is 13.7. The summed E-state index contributed by atoms with van der Waals surface area (Å²) >= 11 is 1.44. The highest BCUT2D eigenvalue weighted by Gasteiger charge is 2.34. The van der Waals surface area contributed by atoms with Gasteiger partial charge in [0.05, 0.1) is 33.4 Å². The molecule has 0 radical (unpaired) electrons. The van der Waals surface area contributed by atoms with Crippen molar-refractivity contribution in [1.29, 1.82) is 0 Å². The van der Waals surface area contributed by atoms with Gasteiger partial charge in [0.25, 0.3) is 5.91 Å². The van der Waals surface area contributed by atoms with Gasteiger partial charge in [-0.25, -0.2) is 14.8 Å². The number of anilines is 3. The normalized spacial score (nSPS) is 21.3. The summed E-state index contributed by atoms with van der Waals surface area (Å²) < 4.78 is 9.58. The Morgan fingerprint density at radius 1 is 0.853 bits per heavy atom. The maximum Gasteiger partial charge on any atom is 0.355 e. The molecule has 75 heavy (non-hydrogen) atoms. The number of piperidine rings is 1. The average Bonchev–Trinajstić information content (AvgIpc) is 3.98. The molecule has 7 aromatic rings. The number of thiazole rings is 1. The van der Waals surface area contributed by atoms with Gasteiger partial charge in [-0.3, -0.25) is 34.6 Å². The third-order valence-corrected chi connectivity index (χ3v) is 17.2. The van der Waals surface area contributed by atoms with E-state index in [0.717, 1.165) is 100 Å². The minimum absolute atomic E-state index is 0.0179. The van der Waals surface area contributed by atoms with Crippen LogP contribution in [0.2, 0.25) is 0 Å². The van der Waals surface area contributed by atoms with Crippen LogP contribution in [0, 0.1) is 12.8 Å². The Morgan fingerprint density at radius 2 is 1.65 bits per heavy atom. The van der Waals surface area contributed by atoms with E-state index in [1.807, 2.05) is 85.4 Å². The van der Waals surface area contributed by atoms with E-state index < -0.39 is 11.9 Å². The molecule has 3 fully saturated rings. The number of para-hydroxylation sites is 1. The molecular formula is C59H65N9O6S. The zero-order chi connectivity index (χ0) is 51.9. The monoisotopic (exact) mass is 1030 g/mol. The van der Waals surface area contributed by atoms with Gasteiger partial charge in [0, 0.05) is 73.9 Å². The summed E-state index contributed by atoms with van der Waals surface area (Å²) in [4.78, 5) is 67.6. The third kappa shape index (κ3) is 10.3. The number of rotatable bonds is 14. The number of ether oxygens (including phenoxy) is 1. The van der Waals surface area contributed by atoms with Crippen LogP contribution in [0.3, 0.4) is 0 Å². The van der Waals surface area contributed by atoms with Crippen molar-refractivity contribution in [1.82, 2.24) is 30.0 Å². The topological polar surface area (TPSA) is 175 Å². The number of aromatic nitrogens is 4. The molecule has 3 N–H and O–H groups in total. The summed E-state index contributed by atoms with van der Waals surface area (Å²) in [5.74, 6) is -0.203. The number of fused-ring (bicyclic) bond motifs is 3. The van der Waals surface area contributed by atoms with Gasteiger partial charge in [-0.05, 0) is 155 Å². The lowest BCUT2D eigenvalue weighted by Crippen LogP contribution is -2.57. The smallest absolute Gasteiger partial charge is 0.355 e. The van der Waals surface area contributed by atoms with Gasteiger partial charge in [-0.15, -0.1) is 0 Å². The number of pyridine rings is 1. The van der Waals surface area contributed by atoms with Crippen LogP contribution in [0.4, 0.5) is 16.6 Å². The molecule has 15 nitrogen and oxygen atoms in total. The molecule has 1 aliphatic carbocycles. The Labute approximate surface area is 441 Å². The van der Waals surface area contributed by atoms with E-state index in [9.17, 15) is 24.3 Å². The Hall–Kier alpha value is -7.17. The molecule has 3 atom stereocenters. The predicted molar refractivity (Wildman–Crippen MR) is 294 cm³/mol. The molecule has 0 spiro atoms. The van der Waals surface area contributed by atoms with E-state index in [2.05, 4.69) is 68.4 Å². The van der Waals surface area contributed by atoms with Crippen molar-refractivity contribution in [2.45, 2.75) is 116 Å². The number of aryl methyl sites for hydroxylation is 1. The van der Waals surface area contributed by atoms with Crippen LogP contribution in [-0.4, -0.2) is 97.8 Å². The standard InChI is InChI=1S/C59H65N9O6S/c1-35-32-67(40-20-23-45-49(31-40)65(4)64-54(45)46-25-27-53(69)62-57(46)71)33-36(2)68(35)29-8-7-11-38-18-21-41(22-19-38)74-50-16-10-13-42(37(50)3)43-24-26-52(61-55(43)58(72)73)66-30-28-39-12-9-14-44(47(39)34-66)56(70)63-59-60-48-15-5-6-17-51(48)75-59/h5-6,9-10,12-17,20,23-24,26,31,35-36,38,41,46H,7-8,11,18-19,21-22,25,27-30,32-34H2,1-4H3,(H,72,73)(H,60,63,70)(H,62,69,71)/t35-,36-,38?,41?,46-/m0/s1. The van der Waals surface area contributed by atoms with Crippen molar-refractivity contribution in [2.75, 3.05) is 41.3 Å². The van der Waals surface area contributed by atoms with Gasteiger partial charge >= 0.3 is 5.97 Å². The Balaban J connectivity index is 0.661. The van der Waals surface area contributed by atoms with E-state index in [0.29, 0.717) is 72.4 Å². The number of unbranched alkanes of at least 4 members (excludes halogenated alkanes) is 1. The Kier molecular flexibility index (Phi) is 14.1. The van der Waals surface area contributed by atoms with Crippen LogP contribution < -0.4 is 25.2 Å². The molecule has 6 heterocycles. The SMILES string of the molecule is Cc1c(OC2CCC(CCCCN3[C@@H](C)CN(c4ccc5c([C@@H]6CCC(=O)NC6=O)nn(C)c5c4)C[C@@H]3C)CC2)cccc1-c1ccc(N2CCc3cccc(C(=O)Nc4nc5ccccc5s4)c3C2)nc1C(=O)O. The molecule has 4 aromatic carbocycles. The fraction of sp³-hybridized carbons (Fsp3) is 0.407. The molecule has 0 unspecified atom stereocenters. The summed E-state index contributed by atoms with van der Waals surface area (Å²) in [5.41, 5.74) is 8.51. The number of carboxylic acid groups (broad SMARTS) is 1. The van der Waals surface area contributed by atoms with Crippen LogP contribution >= 0.6 is 11.3 Å². The number of carboxylic acids is 1. The molecule has 3 amide bonds. The number of carbonyl (C=O) groups excluding carboxylic acids is 3. The van der Waals surface area contributed by atoms with E-state index >= 15 is 0 Å². The second kappa shape index (κ2) is 21.2. The van der Waals surface area contributed by atoms with Crippen molar-refractivity contribution in [3.63, 3.8) is 0 Å². The number of piperazine rings is 1. The van der Waals surface area contributed by atoms with Crippen molar-refractivity contribution in [3.05, 3.63) is 125 Å². The number of nitrogens with zero attached hydrogens (tertiary/aromatic N) is 7. The van der Waals surface area contributed by atoms with Crippen molar-refractivity contribution >= 4 is 72.8 Å². The third-order valence-electron chi connectivity index (χ3n) is 16.3. The number of imide groups is 1. The van der Waals surface area contributed by atoms with Crippen LogP contribution in [0.1, 0.15) is 121 Å². The Bertz CT molecular complexity index is 3280. The lowest BCUT2D eigenvalue weighted by Gasteiger charge is -2.45. The van der Waals surface area contributed by atoms with E-state index in [4.69, 9.17) is 14.8 Å². The van der Waals surface area contributed by atoms with Crippen molar-refractivity contribution in [2.24, 2.45) is 13.0 Å². The highest BCUT2D eigenvalue weighted by atomic mass is 32.1. The highest BCUT2D eigenvalue weighted by Crippen LogP contribution is 2.38. The summed E-state index contributed by atoms with van der Waals surface area (Å²) in [6, 6.07) is 30.5. The number of hydrogen-bond donors (Lipinski definition) is 3. The number of aromatic carboxylic acids is 1. The largest absolute Gasteiger partial charge is 0.490 e. The van der Waals surface area contributed by atoms with Crippen LogP contribution in [-0.2, 0) is 29.6 Å². The zero-order valence-electron chi connectivity index (χ0n) is 43.2. The van der Waals surface area contributed by atoms with Crippen LogP contribution in [0.5, 0.6) is 5.75 Å². The zero-order valence-corrected chi connectivity index (χ0v) is 44.0. The number of hydrogen-bond acceptors (Lipinski definition) is 12. The number of amides is 3. The first-order valence-electron chi connectivity index (χ1n) is 26.7. The van der Waals surface area contributed by atoms with Gasteiger partial charge in [0.15, 0.2) is 10.8 Å². The minimum Gasteiger partial charge on any atom is -0.490 e. The molecule has 3 aliphatic heterocycles. The van der Waals surface area contributed by atoms with Gasteiger partial charge in [-0.2, -0.15) is 5.10 Å². The van der Waals surface area contributed by atoms with E-state index in [1.54, 1.807) is 0 Å². The molecular weight excluding hydrogens is 963 g/mol. The molecule has 16 heteroatoms. The summed E-state index contributed by atoms with van der Waals surface area (Å²) in [6.07, 6.45) is 9.47. The second-order valence-corrected chi connectivity index (χ2v) is 22.2. The summed E-state index contributed by atoms with van der Waals surface area (Å²) in [6.45, 7) is 10.7. The molecule has 1 saturated carbocycles. The van der Waals surface area contributed by atoms with Gasteiger partial charge < -0.3 is 19.6 Å². The second-order valence-electron chi connectivity index (χ2n) is 21.2. The molecule has 3 aromatic heterocycles. The fourth-order valence-corrected chi connectivity index (χ4v) is 13.1. The van der Waals surface area contributed by atoms with Gasteiger partial charge in [-0.1, -0.05) is 60.6 Å². The first-order chi connectivity index (χ1) is 36.3. The molecule has 11 rings (SSSR count). The fourth-order valence-electron chi connectivity index (χ4n) is 12.3. The van der Waals surface area contributed by atoms with Gasteiger partial charge in [0.1, 0.15) is 11.6 Å². The molecule has 2 saturated heterocycles. The summed E-state index contributed by atoms with van der Waals surface area (Å²) in [7, 11) is 1.93. The lowest BCUT2D eigenvalue weighted by atomic mass is 9.84. The van der Waals surface area contributed by atoms with Crippen LogP contribution in [0.25, 0.3) is 32.2 Å². The number of benzene rings is 4. The van der Waals surface area contributed by atoms with E-state index in [1.165, 1.54) is 36.3 Å². The minimum atomic E-state index is -1.10. The first-order valence-corrected chi connectivity index (χ1v) is 27.5. The van der Waals surface area contributed by atoms with Crippen LogP contribution in [0.15, 0.2) is 91.0 Å². The number of nitrogens with one attached hydrogen (secondary N) is 2. The molecule has 4 aliphatic rings. The highest BCUT2D eigenvalue weighted by molar-refractivity contribution is 7.22. The van der Waals surface area contributed by atoms with Crippen molar-refractivity contribution in [3.8, 4) is 16.9 Å². The van der Waals surface area contributed by atoms with Gasteiger partial charge in [0.2, 0.25) is 11.8 Å². The Morgan fingerprint density at radius 3 is 2.44 bits per heavy atom. The summed E-state index contributed by atoms with van der Waals surface area (Å²) in [5, 5.41) is 22.3. The first kappa shape index (κ1) is 50.0. The average molecular weight is 1030 g/mol.